The summed E-state index contributed by atoms with van der Waals surface area (Å²) in [5, 5.41) is 12.0. The number of pyridine rings is 1. The summed E-state index contributed by atoms with van der Waals surface area (Å²) >= 11 is 0. The molecular formula is C18H14FN5O2S. The molecule has 3 aromatic heterocycles. The largest absolute Gasteiger partial charge is 0.274 e. The fourth-order valence-electron chi connectivity index (χ4n) is 2.71. The van der Waals surface area contributed by atoms with E-state index in [1.807, 2.05) is 0 Å². The van der Waals surface area contributed by atoms with Crippen LogP contribution in [0.3, 0.4) is 0 Å². The average Bonchev–Trinajstić information content (AvgIpc) is 3.21. The first kappa shape index (κ1) is 17.2. The molecule has 136 valence electrons. The van der Waals surface area contributed by atoms with Crippen molar-refractivity contribution in [2.75, 3.05) is 0 Å². The fraction of sp³-hybridized carbons (Fsp3) is 0.111. The number of nitrogens with one attached hydrogen (secondary N) is 1. The second-order valence-electron chi connectivity index (χ2n) is 5.93. The van der Waals surface area contributed by atoms with E-state index >= 15 is 0 Å². The number of aromatic amines is 1. The normalized spacial score (nSPS) is 12.4. The van der Waals surface area contributed by atoms with E-state index in [0.717, 1.165) is 0 Å². The monoisotopic (exact) mass is 383 g/mol. The average molecular weight is 383 g/mol. The van der Waals surface area contributed by atoms with Crippen LogP contribution < -0.4 is 5.56 Å². The minimum Gasteiger partial charge on any atom is -0.269 e. The Labute approximate surface area is 155 Å². The highest BCUT2D eigenvalue weighted by Gasteiger charge is 2.13. The minimum atomic E-state index is -1.44. The third-order valence-electron chi connectivity index (χ3n) is 4.07. The summed E-state index contributed by atoms with van der Waals surface area (Å²) in [6, 6.07) is 9.38. The third kappa shape index (κ3) is 3.28. The maximum atomic E-state index is 13.9. The Morgan fingerprint density at radius 2 is 2.07 bits per heavy atom. The van der Waals surface area contributed by atoms with Crippen LogP contribution in [0.4, 0.5) is 4.39 Å². The van der Waals surface area contributed by atoms with Gasteiger partial charge in [-0.05, 0) is 43.3 Å². The van der Waals surface area contributed by atoms with Gasteiger partial charge in [-0.1, -0.05) is 0 Å². The van der Waals surface area contributed by atoms with Crippen LogP contribution in [0.5, 0.6) is 0 Å². The number of H-pyrrole nitrogens is 1. The molecule has 0 aliphatic carbocycles. The maximum Gasteiger partial charge on any atom is 0.274 e. The van der Waals surface area contributed by atoms with Crippen LogP contribution in [0.2, 0.25) is 0 Å². The van der Waals surface area contributed by atoms with E-state index in [2.05, 4.69) is 20.3 Å². The first-order valence-corrected chi connectivity index (χ1v) is 9.21. The predicted octanol–water partition coefficient (Wildman–Crippen LogP) is 2.18. The Morgan fingerprint density at radius 3 is 2.85 bits per heavy atom. The molecule has 4 rings (SSSR count). The van der Waals surface area contributed by atoms with Gasteiger partial charge in [-0.3, -0.25) is 14.9 Å². The van der Waals surface area contributed by atoms with Crippen molar-refractivity contribution in [1.82, 2.24) is 25.0 Å². The van der Waals surface area contributed by atoms with Crippen molar-refractivity contribution in [3.05, 3.63) is 76.4 Å². The van der Waals surface area contributed by atoms with Gasteiger partial charge in [0.05, 0.1) is 23.8 Å². The topological polar surface area (TPSA) is 93.5 Å². The molecule has 0 fully saturated rings. The van der Waals surface area contributed by atoms with Crippen molar-refractivity contribution in [3.8, 4) is 0 Å². The lowest BCUT2D eigenvalue weighted by atomic mass is 10.2. The Bertz CT molecular complexity index is 1220. The van der Waals surface area contributed by atoms with Gasteiger partial charge >= 0.3 is 0 Å². The number of hydrogen-bond acceptors (Lipinski definition) is 5. The van der Waals surface area contributed by atoms with Crippen LogP contribution in [-0.4, -0.2) is 29.2 Å². The quantitative estimate of drug-likeness (QED) is 0.583. The minimum absolute atomic E-state index is 0.0654. The molecule has 0 radical (unpaired) electrons. The van der Waals surface area contributed by atoms with Gasteiger partial charge in [0.25, 0.3) is 5.56 Å². The van der Waals surface area contributed by atoms with Crippen LogP contribution in [0.15, 0.2) is 63.5 Å². The molecule has 0 aliphatic heterocycles. The van der Waals surface area contributed by atoms with E-state index in [-0.39, 0.29) is 17.8 Å². The molecule has 27 heavy (non-hydrogen) atoms. The van der Waals surface area contributed by atoms with E-state index in [4.69, 9.17) is 0 Å². The molecule has 1 unspecified atom stereocenters. The van der Waals surface area contributed by atoms with Gasteiger partial charge < -0.3 is 0 Å². The van der Waals surface area contributed by atoms with Gasteiger partial charge in [0.1, 0.15) is 21.6 Å². The van der Waals surface area contributed by atoms with Crippen LogP contribution in [0.25, 0.3) is 10.8 Å². The second kappa shape index (κ2) is 6.84. The molecule has 0 bridgehead atoms. The highest BCUT2D eigenvalue weighted by atomic mass is 32.2. The number of benzene rings is 1. The molecule has 0 spiro atoms. The van der Waals surface area contributed by atoms with Crippen LogP contribution in [0, 0.1) is 12.7 Å². The zero-order valence-electron chi connectivity index (χ0n) is 14.2. The molecule has 1 aromatic carbocycles. The molecule has 7 nitrogen and oxygen atoms in total. The summed E-state index contributed by atoms with van der Waals surface area (Å²) in [6.07, 6.45) is 3.02. The summed E-state index contributed by atoms with van der Waals surface area (Å²) < 4.78 is 27.6. The number of hydrogen-bond donors (Lipinski definition) is 1. The molecule has 1 N–H and O–H groups in total. The van der Waals surface area contributed by atoms with Crippen molar-refractivity contribution >= 4 is 21.6 Å². The molecule has 0 amide bonds. The Balaban J connectivity index is 1.72. The van der Waals surface area contributed by atoms with E-state index in [1.165, 1.54) is 23.1 Å². The summed E-state index contributed by atoms with van der Waals surface area (Å²) in [7, 11) is -1.44. The Morgan fingerprint density at radius 1 is 1.22 bits per heavy atom. The van der Waals surface area contributed by atoms with Crippen LogP contribution in [-0.2, 0) is 17.3 Å². The van der Waals surface area contributed by atoms with E-state index in [0.29, 0.717) is 26.4 Å². The molecular weight excluding hydrogens is 369 g/mol. The fourth-order valence-corrected chi connectivity index (χ4v) is 3.71. The van der Waals surface area contributed by atoms with Gasteiger partial charge in [-0.25, -0.2) is 13.3 Å². The third-order valence-corrected chi connectivity index (χ3v) is 5.38. The van der Waals surface area contributed by atoms with Gasteiger partial charge in [-0.2, -0.15) is 10.2 Å². The first-order valence-electron chi connectivity index (χ1n) is 8.06. The molecule has 1 atom stereocenters. The number of aromatic nitrogens is 5. The van der Waals surface area contributed by atoms with Crippen LogP contribution >= 0.6 is 0 Å². The van der Waals surface area contributed by atoms with Gasteiger partial charge in [0.2, 0.25) is 0 Å². The zero-order valence-corrected chi connectivity index (χ0v) is 15.0. The number of rotatable bonds is 4. The molecule has 4 aromatic rings. The van der Waals surface area contributed by atoms with E-state index in [9.17, 15) is 13.4 Å². The number of nitrogens with zero attached hydrogens (tertiary/aromatic N) is 4. The van der Waals surface area contributed by atoms with Crippen molar-refractivity contribution in [2.24, 2.45) is 0 Å². The van der Waals surface area contributed by atoms with Crippen molar-refractivity contribution < 1.29 is 8.60 Å². The van der Waals surface area contributed by atoms with Crippen LogP contribution in [0.1, 0.15) is 11.4 Å². The lowest BCUT2D eigenvalue weighted by Gasteiger charge is -2.08. The molecule has 0 saturated heterocycles. The maximum absolute atomic E-state index is 13.9. The molecule has 3 heterocycles. The molecule has 9 heteroatoms. The summed E-state index contributed by atoms with van der Waals surface area (Å²) in [5.74, 6) is -0.486. The highest BCUT2D eigenvalue weighted by Crippen LogP contribution is 2.18. The van der Waals surface area contributed by atoms with E-state index in [1.54, 1.807) is 37.3 Å². The van der Waals surface area contributed by atoms with Crippen molar-refractivity contribution in [2.45, 2.75) is 23.4 Å². The van der Waals surface area contributed by atoms with Gasteiger partial charge in [-0.15, -0.1) is 0 Å². The van der Waals surface area contributed by atoms with Crippen molar-refractivity contribution in [3.63, 3.8) is 0 Å². The Hall–Kier alpha value is -3.20. The lowest BCUT2D eigenvalue weighted by Crippen LogP contribution is -2.24. The standard InChI is InChI=1S/C18H14FN5O2S/c1-11-2-5-15(19)16(22-11)10-24-18(25)14-4-3-13(8-12(14)9-21-24)27(26)17-6-7-20-23-17/h2-9H,10H2,1H3,(H,20,23). The number of fused-ring (bicyclic) bond motifs is 1. The van der Waals surface area contributed by atoms with Gasteiger partial charge in [0, 0.05) is 22.2 Å². The van der Waals surface area contributed by atoms with Gasteiger partial charge in [0.15, 0.2) is 0 Å². The van der Waals surface area contributed by atoms with Crippen molar-refractivity contribution in [1.29, 1.82) is 0 Å². The summed E-state index contributed by atoms with van der Waals surface area (Å²) in [5.41, 5.74) is 0.446. The number of aryl methyl sites for hydroxylation is 1. The van der Waals surface area contributed by atoms with E-state index < -0.39 is 16.6 Å². The first-order chi connectivity index (χ1) is 13.0. The predicted molar refractivity (Wildman–Crippen MR) is 97.3 cm³/mol. The number of halogens is 1. The SMILES string of the molecule is Cc1ccc(F)c(Cn2ncc3cc(S(=O)c4ccn[nH]4)ccc3c2=O)n1. The summed E-state index contributed by atoms with van der Waals surface area (Å²) in [4.78, 5) is 17.4. The zero-order chi connectivity index (χ0) is 19.0. The molecule has 0 saturated carbocycles. The Kier molecular flexibility index (Phi) is 4.36. The molecule has 0 aliphatic rings. The smallest absolute Gasteiger partial charge is 0.269 e. The lowest BCUT2D eigenvalue weighted by molar-refractivity contribution is 0.559. The second-order valence-corrected chi connectivity index (χ2v) is 7.38. The summed E-state index contributed by atoms with van der Waals surface area (Å²) in [6.45, 7) is 1.69. The highest BCUT2D eigenvalue weighted by molar-refractivity contribution is 7.85.